The number of aromatic nitrogens is 1. The number of hydrogen-bond acceptors (Lipinski definition) is 5. The first kappa shape index (κ1) is 13.7. The summed E-state index contributed by atoms with van der Waals surface area (Å²) in [5, 5.41) is 11.5. The van der Waals surface area contributed by atoms with E-state index in [0.29, 0.717) is 21.8 Å². The number of nitrogens with zero attached hydrogens (tertiary/aromatic N) is 1. The van der Waals surface area contributed by atoms with Gasteiger partial charge in [-0.1, -0.05) is 6.07 Å². The molecule has 3 rings (SSSR count). The summed E-state index contributed by atoms with van der Waals surface area (Å²) in [5.41, 5.74) is 0.350. The van der Waals surface area contributed by atoms with Crippen molar-refractivity contribution in [3.8, 4) is 0 Å². The molecule has 0 fully saturated rings. The highest BCUT2D eigenvalue weighted by molar-refractivity contribution is 6.05. The molecule has 110 valence electrons. The van der Waals surface area contributed by atoms with Crippen LogP contribution in [0.2, 0.25) is 0 Å². The van der Waals surface area contributed by atoms with E-state index in [0.717, 1.165) is 0 Å². The van der Waals surface area contributed by atoms with Crippen LogP contribution in [0, 0.1) is 10.1 Å². The van der Waals surface area contributed by atoms with Gasteiger partial charge in [0.05, 0.1) is 28.6 Å². The van der Waals surface area contributed by atoms with Gasteiger partial charge in [0.2, 0.25) is 0 Å². The number of nitro groups is 1. The van der Waals surface area contributed by atoms with E-state index in [1.807, 2.05) is 0 Å². The van der Waals surface area contributed by atoms with Gasteiger partial charge in [0, 0.05) is 22.9 Å². The highest BCUT2D eigenvalue weighted by Gasteiger charge is 2.15. The maximum Gasteiger partial charge on any atom is 0.339 e. The lowest BCUT2D eigenvalue weighted by Gasteiger charge is -2.06. The number of pyridine rings is 1. The molecule has 0 aliphatic rings. The number of para-hydroxylation sites is 1. The van der Waals surface area contributed by atoms with Gasteiger partial charge in [0.25, 0.3) is 5.69 Å². The van der Waals surface area contributed by atoms with Crippen LogP contribution >= 0.6 is 0 Å². The molecule has 3 aromatic rings. The quantitative estimate of drug-likeness (QED) is 0.338. The first-order valence-corrected chi connectivity index (χ1v) is 6.34. The van der Waals surface area contributed by atoms with Crippen molar-refractivity contribution in [1.82, 2.24) is 4.98 Å². The molecule has 2 aromatic carbocycles. The predicted molar refractivity (Wildman–Crippen MR) is 80.1 cm³/mol. The Balaban J connectivity index is 2.45. The van der Waals surface area contributed by atoms with Crippen LogP contribution in [0.1, 0.15) is 10.4 Å². The fourth-order valence-corrected chi connectivity index (χ4v) is 2.38. The molecule has 0 aliphatic heterocycles. The number of ether oxygens (including phenoxy) is 1. The second-order valence-electron chi connectivity index (χ2n) is 4.66. The van der Waals surface area contributed by atoms with Crippen molar-refractivity contribution in [2.45, 2.75) is 0 Å². The lowest BCUT2D eigenvalue weighted by Crippen LogP contribution is -2.09. The van der Waals surface area contributed by atoms with Gasteiger partial charge in [0.1, 0.15) is 0 Å². The number of non-ortho nitro benzene ring substituents is 1. The molecular formula is C15H10N2O5. The van der Waals surface area contributed by atoms with Crippen molar-refractivity contribution in [3.05, 3.63) is 62.3 Å². The molecule has 0 bridgehead atoms. The van der Waals surface area contributed by atoms with Crippen LogP contribution in [0.25, 0.3) is 21.8 Å². The van der Waals surface area contributed by atoms with Crippen molar-refractivity contribution in [3.63, 3.8) is 0 Å². The summed E-state index contributed by atoms with van der Waals surface area (Å²) >= 11 is 0. The molecule has 0 atom stereocenters. The Hall–Kier alpha value is -3.22. The number of methoxy groups -OCH3 is 1. The average molecular weight is 298 g/mol. The van der Waals surface area contributed by atoms with Crippen LogP contribution in [0.5, 0.6) is 0 Å². The van der Waals surface area contributed by atoms with Gasteiger partial charge in [-0.3, -0.25) is 14.9 Å². The Kier molecular flexibility index (Phi) is 3.10. The third-order valence-electron chi connectivity index (χ3n) is 3.43. The Morgan fingerprint density at radius 2 is 2.00 bits per heavy atom. The fourth-order valence-electron chi connectivity index (χ4n) is 2.38. The number of aromatic amines is 1. The number of H-pyrrole nitrogens is 1. The molecule has 7 heteroatoms. The monoisotopic (exact) mass is 298 g/mol. The van der Waals surface area contributed by atoms with Gasteiger partial charge in [-0.05, 0) is 18.2 Å². The average Bonchev–Trinajstić information content (AvgIpc) is 2.53. The van der Waals surface area contributed by atoms with Crippen molar-refractivity contribution in [1.29, 1.82) is 0 Å². The molecule has 0 spiro atoms. The number of hydrogen-bond donors (Lipinski definition) is 1. The number of carbonyl (C=O) groups excluding carboxylic acids is 1. The molecular weight excluding hydrogens is 288 g/mol. The first-order chi connectivity index (χ1) is 10.5. The Morgan fingerprint density at radius 3 is 2.68 bits per heavy atom. The van der Waals surface area contributed by atoms with E-state index >= 15 is 0 Å². The normalized spacial score (nSPS) is 10.8. The van der Waals surface area contributed by atoms with E-state index in [-0.39, 0.29) is 16.7 Å². The summed E-state index contributed by atoms with van der Waals surface area (Å²) in [6, 6.07) is 8.63. The molecule has 7 nitrogen and oxygen atoms in total. The number of nitro benzene ring substituents is 1. The van der Waals surface area contributed by atoms with E-state index < -0.39 is 10.9 Å². The van der Waals surface area contributed by atoms with Crippen LogP contribution in [0.3, 0.4) is 0 Å². The van der Waals surface area contributed by atoms with E-state index in [1.165, 1.54) is 31.4 Å². The number of carbonyl (C=O) groups is 1. The topological polar surface area (TPSA) is 102 Å². The first-order valence-electron chi connectivity index (χ1n) is 6.34. The Labute approximate surface area is 123 Å². The molecule has 1 aromatic heterocycles. The van der Waals surface area contributed by atoms with Gasteiger partial charge < -0.3 is 9.72 Å². The molecule has 0 aliphatic carbocycles. The molecule has 0 radical (unpaired) electrons. The highest BCUT2D eigenvalue weighted by atomic mass is 16.6. The Morgan fingerprint density at radius 1 is 1.23 bits per heavy atom. The van der Waals surface area contributed by atoms with Crippen LogP contribution in [0.4, 0.5) is 5.69 Å². The van der Waals surface area contributed by atoms with Crippen LogP contribution in [-0.4, -0.2) is 23.0 Å². The fraction of sp³-hybridized carbons (Fsp3) is 0.0667. The van der Waals surface area contributed by atoms with Gasteiger partial charge in [-0.2, -0.15) is 0 Å². The van der Waals surface area contributed by atoms with Crippen molar-refractivity contribution in [2.75, 3.05) is 7.11 Å². The zero-order valence-electron chi connectivity index (χ0n) is 11.5. The molecule has 1 heterocycles. The van der Waals surface area contributed by atoms with E-state index in [4.69, 9.17) is 0 Å². The predicted octanol–water partition coefficient (Wildman–Crippen LogP) is 2.38. The second kappa shape index (κ2) is 4.96. The van der Waals surface area contributed by atoms with Crippen molar-refractivity contribution < 1.29 is 14.5 Å². The van der Waals surface area contributed by atoms with Crippen LogP contribution in [-0.2, 0) is 4.74 Å². The number of benzene rings is 2. The number of rotatable bonds is 2. The standard InChI is InChI=1S/C15H10N2O5/c1-22-15(19)11-4-2-3-10-13(11)16-12-7-8(17(20)21)5-6-9(12)14(10)18/h2-7H,1H3,(H,16,18). The molecule has 0 amide bonds. The van der Waals surface area contributed by atoms with Gasteiger partial charge in [-0.25, -0.2) is 4.79 Å². The third-order valence-corrected chi connectivity index (χ3v) is 3.43. The summed E-state index contributed by atoms with van der Waals surface area (Å²) in [4.78, 5) is 37.5. The molecule has 0 unspecified atom stereocenters. The lowest BCUT2D eigenvalue weighted by atomic mass is 10.1. The molecule has 0 saturated heterocycles. The summed E-state index contributed by atoms with van der Waals surface area (Å²) in [6.07, 6.45) is 0. The summed E-state index contributed by atoms with van der Waals surface area (Å²) in [7, 11) is 1.24. The second-order valence-corrected chi connectivity index (χ2v) is 4.66. The van der Waals surface area contributed by atoms with E-state index in [2.05, 4.69) is 9.72 Å². The van der Waals surface area contributed by atoms with Gasteiger partial charge in [-0.15, -0.1) is 0 Å². The van der Waals surface area contributed by atoms with Gasteiger partial charge >= 0.3 is 5.97 Å². The van der Waals surface area contributed by atoms with Crippen LogP contribution in [0.15, 0.2) is 41.2 Å². The third kappa shape index (κ3) is 1.99. The summed E-state index contributed by atoms with van der Waals surface area (Å²) in [5.74, 6) is -0.592. The Bertz CT molecular complexity index is 990. The largest absolute Gasteiger partial charge is 0.465 e. The lowest BCUT2D eigenvalue weighted by molar-refractivity contribution is -0.384. The molecule has 0 saturated carbocycles. The maximum atomic E-state index is 12.5. The minimum Gasteiger partial charge on any atom is -0.465 e. The van der Waals surface area contributed by atoms with Gasteiger partial charge in [0.15, 0.2) is 5.43 Å². The SMILES string of the molecule is COC(=O)c1cccc2c(=O)c3ccc([N+](=O)[O-])cc3[nH]c12. The van der Waals surface area contributed by atoms with Crippen molar-refractivity contribution in [2.24, 2.45) is 0 Å². The minimum absolute atomic E-state index is 0.141. The molecule has 22 heavy (non-hydrogen) atoms. The van der Waals surface area contributed by atoms with E-state index in [9.17, 15) is 19.7 Å². The van der Waals surface area contributed by atoms with Crippen LogP contribution < -0.4 is 5.43 Å². The maximum absolute atomic E-state index is 12.5. The zero-order chi connectivity index (χ0) is 15.9. The number of fused-ring (bicyclic) bond motifs is 2. The zero-order valence-corrected chi connectivity index (χ0v) is 11.5. The highest BCUT2D eigenvalue weighted by Crippen LogP contribution is 2.22. The summed E-state index contributed by atoms with van der Waals surface area (Å²) < 4.78 is 4.69. The van der Waals surface area contributed by atoms with E-state index in [1.54, 1.807) is 12.1 Å². The summed E-state index contributed by atoms with van der Waals surface area (Å²) in [6.45, 7) is 0. The smallest absolute Gasteiger partial charge is 0.339 e. The minimum atomic E-state index is -0.592. The van der Waals surface area contributed by atoms with Crippen molar-refractivity contribution >= 4 is 33.5 Å². The number of nitrogens with one attached hydrogen (secondary N) is 1. The molecule has 1 N–H and O–H groups in total. The number of esters is 1.